The first-order chi connectivity index (χ1) is 6.53. The molecule has 0 radical (unpaired) electrons. The van der Waals surface area contributed by atoms with Crippen LogP contribution in [-0.2, 0) is 0 Å². The SMILES string of the molecule is C#Cc1ccncc1/C=C/[B-](F)(F)F.[K+]. The van der Waals surface area contributed by atoms with E-state index in [-0.39, 0.29) is 57.4 Å². The van der Waals surface area contributed by atoms with Gasteiger partial charge in [0.15, 0.2) is 0 Å². The molecule has 15 heavy (non-hydrogen) atoms. The van der Waals surface area contributed by atoms with E-state index in [1.165, 1.54) is 18.5 Å². The van der Waals surface area contributed by atoms with E-state index in [4.69, 9.17) is 6.42 Å². The van der Waals surface area contributed by atoms with Crippen molar-refractivity contribution >= 4 is 13.1 Å². The molecule has 1 aromatic heterocycles. The minimum atomic E-state index is -4.93. The first kappa shape index (κ1) is 14.9. The van der Waals surface area contributed by atoms with Gasteiger partial charge in [0, 0.05) is 23.5 Å². The van der Waals surface area contributed by atoms with Crippen LogP contribution in [0.4, 0.5) is 12.9 Å². The van der Waals surface area contributed by atoms with Gasteiger partial charge in [-0.05, 0) is 6.07 Å². The summed E-state index contributed by atoms with van der Waals surface area (Å²) in [5.74, 6) is 2.47. The molecule has 1 aromatic rings. The van der Waals surface area contributed by atoms with Crippen LogP contribution in [0.15, 0.2) is 24.4 Å². The molecule has 0 fully saturated rings. The van der Waals surface area contributed by atoms with Crippen molar-refractivity contribution in [1.82, 2.24) is 4.98 Å². The molecule has 1 heterocycles. The van der Waals surface area contributed by atoms with Gasteiger partial charge in [0.05, 0.1) is 0 Å². The van der Waals surface area contributed by atoms with Gasteiger partial charge in [-0.15, -0.1) is 12.4 Å². The molecule has 0 aliphatic rings. The molecule has 0 aliphatic carbocycles. The summed E-state index contributed by atoms with van der Waals surface area (Å²) in [5.41, 5.74) is 0.700. The smallest absolute Gasteiger partial charge is 0.445 e. The summed E-state index contributed by atoms with van der Waals surface area (Å²) in [6.45, 7) is -4.93. The van der Waals surface area contributed by atoms with Crippen molar-refractivity contribution in [2.75, 3.05) is 0 Å². The maximum atomic E-state index is 11.9. The van der Waals surface area contributed by atoms with E-state index in [1.54, 1.807) is 0 Å². The Balaban J connectivity index is 0.00000196. The molecule has 0 atom stereocenters. The molecule has 0 saturated carbocycles. The van der Waals surface area contributed by atoms with Gasteiger partial charge in [0.2, 0.25) is 0 Å². The Labute approximate surface area is 129 Å². The Morgan fingerprint density at radius 2 is 2.07 bits per heavy atom. The number of hydrogen-bond donors (Lipinski definition) is 0. The van der Waals surface area contributed by atoms with Crippen LogP contribution in [0.3, 0.4) is 0 Å². The van der Waals surface area contributed by atoms with Crippen molar-refractivity contribution in [3.8, 4) is 12.3 Å². The van der Waals surface area contributed by atoms with Crippen LogP contribution in [0.1, 0.15) is 11.1 Å². The molecule has 0 N–H and O–H groups in total. The zero-order valence-corrected chi connectivity index (χ0v) is 11.2. The first-order valence-electron chi connectivity index (χ1n) is 3.83. The van der Waals surface area contributed by atoms with E-state index < -0.39 is 6.98 Å². The summed E-state index contributed by atoms with van der Waals surface area (Å²) in [6.07, 6.45) is 8.77. The second-order valence-electron chi connectivity index (χ2n) is 2.59. The number of halogens is 3. The number of aromatic nitrogens is 1. The van der Waals surface area contributed by atoms with Gasteiger partial charge in [0.1, 0.15) is 0 Å². The second-order valence-corrected chi connectivity index (χ2v) is 2.59. The molecular formula is C9H6BF3KN. The van der Waals surface area contributed by atoms with Gasteiger partial charge in [-0.3, -0.25) is 4.98 Å². The van der Waals surface area contributed by atoms with Crippen molar-refractivity contribution in [3.63, 3.8) is 0 Å². The molecule has 72 valence electrons. The first-order valence-corrected chi connectivity index (χ1v) is 3.83. The van der Waals surface area contributed by atoms with Crippen molar-refractivity contribution in [2.45, 2.75) is 0 Å². The molecule has 6 heteroatoms. The predicted octanol–water partition coefficient (Wildman–Crippen LogP) is -0.533. The third-order valence-corrected chi connectivity index (χ3v) is 1.50. The van der Waals surface area contributed by atoms with Gasteiger partial charge in [-0.25, -0.2) is 0 Å². The molecule has 1 nitrogen and oxygen atoms in total. The predicted molar refractivity (Wildman–Crippen MR) is 50.3 cm³/mol. The largest absolute Gasteiger partial charge is 1.00 e. The maximum absolute atomic E-state index is 11.9. The fourth-order valence-electron chi connectivity index (χ4n) is 0.884. The van der Waals surface area contributed by atoms with Crippen LogP contribution in [0.5, 0.6) is 0 Å². The number of nitrogens with zero attached hydrogens (tertiary/aromatic N) is 1. The maximum Gasteiger partial charge on any atom is 1.00 e. The minimum absolute atomic E-state index is 0. The molecule has 0 bridgehead atoms. The number of hydrogen-bond acceptors (Lipinski definition) is 1. The van der Waals surface area contributed by atoms with Crippen molar-refractivity contribution in [2.24, 2.45) is 0 Å². The molecule has 0 amide bonds. The Morgan fingerprint density at radius 1 is 1.40 bits per heavy atom. The van der Waals surface area contributed by atoms with Crippen molar-refractivity contribution in [1.29, 1.82) is 0 Å². The molecule has 0 saturated heterocycles. The number of terminal acetylenes is 1. The third kappa shape index (κ3) is 5.54. The summed E-state index contributed by atoms with van der Waals surface area (Å²) < 4.78 is 35.6. The summed E-state index contributed by atoms with van der Waals surface area (Å²) in [7, 11) is 0. The van der Waals surface area contributed by atoms with Crippen molar-refractivity contribution in [3.05, 3.63) is 35.6 Å². The number of rotatable bonds is 2. The zero-order chi connectivity index (χ0) is 10.6. The second kappa shape index (κ2) is 6.51. The minimum Gasteiger partial charge on any atom is -0.445 e. The topological polar surface area (TPSA) is 12.9 Å². The summed E-state index contributed by atoms with van der Waals surface area (Å²) >= 11 is 0. The standard InChI is InChI=1S/C9H6BF3N.K/c1-2-8-4-6-14-7-9(8)3-5-10(11,12)13;/h1,3-7H;/q-1;+1/b5-3+;. The van der Waals surface area contributed by atoms with E-state index in [2.05, 4.69) is 10.9 Å². The van der Waals surface area contributed by atoms with Crippen molar-refractivity contribution < 1.29 is 64.3 Å². The van der Waals surface area contributed by atoms with E-state index in [0.29, 0.717) is 11.1 Å². The molecule has 1 rings (SSSR count). The van der Waals surface area contributed by atoms with Crippen LogP contribution >= 0.6 is 0 Å². The van der Waals surface area contributed by atoms with Gasteiger partial charge >= 0.3 is 58.4 Å². The molecule has 0 aliphatic heterocycles. The van der Waals surface area contributed by atoms with Crippen LogP contribution in [-0.4, -0.2) is 12.0 Å². The van der Waals surface area contributed by atoms with Gasteiger partial charge < -0.3 is 12.9 Å². The Kier molecular flexibility index (Phi) is 6.48. The summed E-state index contributed by atoms with van der Waals surface area (Å²) in [6, 6.07) is 1.49. The Morgan fingerprint density at radius 3 is 2.60 bits per heavy atom. The summed E-state index contributed by atoms with van der Waals surface area (Å²) in [5, 5.41) is 0. The molecular weight excluding hydrogens is 229 g/mol. The van der Waals surface area contributed by atoms with E-state index in [9.17, 15) is 12.9 Å². The van der Waals surface area contributed by atoms with Crippen LogP contribution in [0.2, 0.25) is 0 Å². The van der Waals surface area contributed by atoms with Crippen LogP contribution in [0, 0.1) is 12.3 Å². The normalized spacial score (nSPS) is 10.8. The zero-order valence-electron chi connectivity index (χ0n) is 8.12. The van der Waals surface area contributed by atoms with Crippen LogP contribution in [0.25, 0.3) is 6.08 Å². The molecule has 0 spiro atoms. The van der Waals surface area contributed by atoms with Gasteiger partial charge in [-0.1, -0.05) is 12.0 Å². The molecule has 0 aromatic carbocycles. The van der Waals surface area contributed by atoms with E-state index >= 15 is 0 Å². The Hall–Kier alpha value is -0.0587. The van der Waals surface area contributed by atoms with E-state index in [0.717, 1.165) is 6.08 Å². The average molecular weight is 235 g/mol. The monoisotopic (exact) mass is 235 g/mol. The molecule has 0 unspecified atom stereocenters. The fourth-order valence-corrected chi connectivity index (χ4v) is 0.884. The summed E-state index contributed by atoms with van der Waals surface area (Å²) in [4.78, 5) is 3.69. The number of pyridine rings is 1. The Bertz CT molecular complexity index is 395. The fraction of sp³-hybridized carbons (Fsp3) is 0. The quantitative estimate of drug-likeness (QED) is 0.496. The van der Waals surface area contributed by atoms with E-state index in [1.807, 2.05) is 0 Å². The van der Waals surface area contributed by atoms with Crippen LogP contribution < -0.4 is 51.4 Å². The average Bonchev–Trinajstić information content (AvgIpc) is 2.14. The van der Waals surface area contributed by atoms with Gasteiger partial charge in [0.25, 0.3) is 0 Å². The van der Waals surface area contributed by atoms with Gasteiger partial charge in [-0.2, -0.15) is 0 Å². The third-order valence-electron chi connectivity index (χ3n) is 1.50.